The summed E-state index contributed by atoms with van der Waals surface area (Å²) in [5.74, 6) is 0.726. The highest BCUT2D eigenvalue weighted by Gasteiger charge is 2.23. The van der Waals surface area contributed by atoms with E-state index in [2.05, 4.69) is 10.1 Å². The molecule has 4 rings (SSSR count). The van der Waals surface area contributed by atoms with Gasteiger partial charge in [-0.2, -0.15) is 5.10 Å². The van der Waals surface area contributed by atoms with Gasteiger partial charge in [0.1, 0.15) is 11.5 Å². The van der Waals surface area contributed by atoms with Crippen molar-refractivity contribution in [1.29, 1.82) is 0 Å². The predicted molar refractivity (Wildman–Crippen MR) is 135 cm³/mol. The number of benzene rings is 1. The third-order valence-electron chi connectivity index (χ3n) is 5.59. The van der Waals surface area contributed by atoms with Gasteiger partial charge in [0.25, 0.3) is 5.56 Å². The van der Waals surface area contributed by atoms with Crippen molar-refractivity contribution in [2.45, 2.75) is 6.54 Å². The fourth-order valence-electron chi connectivity index (χ4n) is 3.81. The molecule has 0 saturated heterocycles. The zero-order chi connectivity index (χ0) is 24.6. The number of aryl methyl sites for hydroxylation is 1. The van der Waals surface area contributed by atoms with E-state index in [1.54, 1.807) is 33.8 Å². The van der Waals surface area contributed by atoms with E-state index in [4.69, 9.17) is 32.7 Å². The number of methoxy groups -OCH3 is 2. The molecular formula is C24H25Cl2N5O3. The van der Waals surface area contributed by atoms with Gasteiger partial charge >= 0.3 is 0 Å². The Labute approximate surface area is 207 Å². The molecule has 0 saturated carbocycles. The molecule has 3 aromatic heterocycles. The van der Waals surface area contributed by atoms with Crippen LogP contribution in [0.5, 0.6) is 11.5 Å². The van der Waals surface area contributed by atoms with Crippen LogP contribution in [0.1, 0.15) is 0 Å². The van der Waals surface area contributed by atoms with Crippen LogP contribution in [0.15, 0.2) is 41.6 Å². The van der Waals surface area contributed by atoms with E-state index in [1.165, 1.54) is 14.2 Å². The van der Waals surface area contributed by atoms with Crippen LogP contribution >= 0.6 is 23.2 Å². The van der Waals surface area contributed by atoms with E-state index in [1.807, 2.05) is 38.3 Å². The molecule has 0 amide bonds. The second kappa shape index (κ2) is 9.66. The maximum atomic E-state index is 13.9. The number of hydrogen-bond donors (Lipinski definition) is 0. The molecule has 3 heterocycles. The van der Waals surface area contributed by atoms with Crippen LogP contribution in [0.2, 0.25) is 10.0 Å². The zero-order valence-electron chi connectivity index (χ0n) is 19.6. The molecule has 0 spiro atoms. The molecule has 4 aromatic rings. The Hall–Kier alpha value is -3.07. The van der Waals surface area contributed by atoms with Crippen molar-refractivity contribution >= 4 is 34.1 Å². The van der Waals surface area contributed by atoms with E-state index in [0.29, 0.717) is 35.7 Å². The molecule has 0 atom stereocenters. The van der Waals surface area contributed by atoms with Crippen molar-refractivity contribution in [3.63, 3.8) is 0 Å². The summed E-state index contributed by atoms with van der Waals surface area (Å²) < 4.78 is 14.2. The number of rotatable bonds is 7. The number of nitrogens with zero attached hydrogens (tertiary/aromatic N) is 5. The Morgan fingerprint density at radius 3 is 2.26 bits per heavy atom. The number of ether oxygens (including phenoxy) is 2. The first-order valence-corrected chi connectivity index (χ1v) is 11.3. The standard InChI is InChI=1S/C24H25Cl2N5O3/c1-29(2)6-7-31-18-9-17(15-12-28-30(3)13-15)27-11-14(18)8-16(24(31)32)21-22(25)19(33-4)10-20(34-5)23(21)26/h8-13H,6-7H2,1-5H3. The minimum atomic E-state index is -0.225. The maximum absolute atomic E-state index is 13.9. The number of aromatic nitrogens is 4. The van der Waals surface area contributed by atoms with E-state index < -0.39 is 0 Å². The van der Waals surface area contributed by atoms with Gasteiger partial charge in [-0.15, -0.1) is 0 Å². The van der Waals surface area contributed by atoms with Crippen molar-refractivity contribution in [1.82, 2.24) is 24.2 Å². The van der Waals surface area contributed by atoms with Crippen molar-refractivity contribution in [3.8, 4) is 33.9 Å². The summed E-state index contributed by atoms with van der Waals surface area (Å²) in [4.78, 5) is 20.5. The van der Waals surface area contributed by atoms with Gasteiger partial charge in [-0.3, -0.25) is 14.5 Å². The van der Waals surface area contributed by atoms with Crippen LogP contribution in [-0.2, 0) is 13.6 Å². The molecule has 8 nitrogen and oxygen atoms in total. The van der Waals surface area contributed by atoms with Crippen molar-refractivity contribution in [2.75, 3.05) is 34.9 Å². The first-order valence-electron chi connectivity index (χ1n) is 10.5. The van der Waals surface area contributed by atoms with Gasteiger partial charge in [0.05, 0.1) is 47.2 Å². The van der Waals surface area contributed by atoms with E-state index >= 15 is 0 Å². The normalized spacial score (nSPS) is 11.4. The molecule has 0 aliphatic rings. The van der Waals surface area contributed by atoms with Crippen molar-refractivity contribution in [2.24, 2.45) is 7.05 Å². The summed E-state index contributed by atoms with van der Waals surface area (Å²) in [6.07, 6.45) is 5.37. The molecule has 0 radical (unpaired) electrons. The molecule has 0 N–H and O–H groups in total. The lowest BCUT2D eigenvalue weighted by atomic mass is 10.0. The summed E-state index contributed by atoms with van der Waals surface area (Å²) in [6.45, 7) is 1.12. The van der Waals surface area contributed by atoms with Crippen LogP contribution in [-0.4, -0.2) is 59.1 Å². The summed E-state index contributed by atoms with van der Waals surface area (Å²) in [5, 5.41) is 5.48. The Kier molecular flexibility index (Phi) is 6.84. The van der Waals surface area contributed by atoms with Gasteiger partial charge in [-0.1, -0.05) is 23.2 Å². The minimum absolute atomic E-state index is 0.225. The molecule has 0 aliphatic heterocycles. The molecule has 0 fully saturated rings. The Balaban J connectivity index is 2.02. The molecule has 0 unspecified atom stereocenters. The number of likely N-dealkylation sites (N-methyl/N-ethyl adjacent to an activating group) is 1. The summed E-state index contributed by atoms with van der Waals surface area (Å²) in [6, 6.07) is 5.26. The maximum Gasteiger partial charge on any atom is 0.259 e. The monoisotopic (exact) mass is 501 g/mol. The Morgan fingerprint density at radius 1 is 1.03 bits per heavy atom. The molecule has 1 aromatic carbocycles. The second-order valence-corrected chi connectivity index (χ2v) is 8.89. The molecule has 0 aliphatic carbocycles. The fraction of sp³-hybridized carbons (Fsp3) is 0.292. The van der Waals surface area contributed by atoms with Crippen molar-refractivity contribution < 1.29 is 9.47 Å². The quantitative estimate of drug-likeness (QED) is 0.374. The smallest absolute Gasteiger partial charge is 0.259 e. The number of fused-ring (bicyclic) bond motifs is 1. The van der Waals surface area contributed by atoms with Gasteiger partial charge in [0.2, 0.25) is 0 Å². The molecule has 0 bridgehead atoms. The van der Waals surface area contributed by atoms with Gasteiger partial charge in [-0.05, 0) is 26.2 Å². The third kappa shape index (κ3) is 4.36. The molecule has 34 heavy (non-hydrogen) atoms. The third-order valence-corrected chi connectivity index (χ3v) is 6.34. The van der Waals surface area contributed by atoms with Gasteiger partial charge in [-0.25, -0.2) is 0 Å². The van der Waals surface area contributed by atoms with Crippen LogP contribution in [0, 0.1) is 0 Å². The molecule has 10 heteroatoms. The summed E-state index contributed by atoms with van der Waals surface area (Å²) >= 11 is 13.3. The zero-order valence-corrected chi connectivity index (χ0v) is 21.1. The van der Waals surface area contributed by atoms with E-state index in [0.717, 1.165) is 22.2 Å². The largest absolute Gasteiger partial charge is 0.495 e. The number of pyridine rings is 2. The predicted octanol–water partition coefficient (Wildman–Crippen LogP) is 4.35. The summed E-state index contributed by atoms with van der Waals surface area (Å²) in [5.41, 5.74) is 2.83. The molecular weight excluding hydrogens is 477 g/mol. The lowest BCUT2D eigenvalue weighted by Gasteiger charge is -2.18. The number of halogens is 2. The minimum Gasteiger partial charge on any atom is -0.495 e. The average molecular weight is 502 g/mol. The topological polar surface area (TPSA) is 74.4 Å². The van der Waals surface area contributed by atoms with Gasteiger partial charge in [0.15, 0.2) is 0 Å². The Morgan fingerprint density at radius 2 is 1.71 bits per heavy atom. The lowest BCUT2D eigenvalue weighted by molar-refractivity contribution is 0.384. The van der Waals surface area contributed by atoms with E-state index in [9.17, 15) is 4.79 Å². The van der Waals surface area contributed by atoms with Gasteiger partial charge in [0, 0.05) is 55.1 Å². The number of hydrogen-bond acceptors (Lipinski definition) is 6. The SMILES string of the molecule is COc1cc(OC)c(Cl)c(-c2cc3cnc(-c4cnn(C)c4)cc3n(CCN(C)C)c2=O)c1Cl. The van der Waals surface area contributed by atoms with Gasteiger partial charge < -0.3 is 18.9 Å². The first-order chi connectivity index (χ1) is 16.2. The highest BCUT2D eigenvalue weighted by Crippen LogP contribution is 2.45. The second-order valence-electron chi connectivity index (χ2n) is 8.13. The van der Waals surface area contributed by atoms with Crippen LogP contribution < -0.4 is 15.0 Å². The van der Waals surface area contributed by atoms with E-state index in [-0.39, 0.29) is 15.6 Å². The average Bonchev–Trinajstić information content (AvgIpc) is 3.25. The molecule has 178 valence electrons. The lowest BCUT2D eigenvalue weighted by Crippen LogP contribution is -2.28. The van der Waals surface area contributed by atoms with Crippen LogP contribution in [0.25, 0.3) is 33.3 Å². The van der Waals surface area contributed by atoms with Crippen LogP contribution in [0.4, 0.5) is 0 Å². The van der Waals surface area contributed by atoms with Crippen molar-refractivity contribution in [3.05, 3.63) is 57.2 Å². The van der Waals surface area contributed by atoms with Crippen LogP contribution in [0.3, 0.4) is 0 Å². The fourth-order valence-corrected chi connectivity index (χ4v) is 4.51. The highest BCUT2D eigenvalue weighted by atomic mass is 35.5. The first kappa shape index (κ1) is 24.1. The Bertz CT molecular complexity index is 1400. The highest BCUT2D eigenvalue weighted by molar-refractivity contribution is 6.41. The summed E-state index contributed by atoms with van der Waals surface area (Å²) in [7, 11) is 8.76.